The first kappa shape index (κ1) is 17.0. The van der Waals surface area contributed by atoms with E-state index in [1.165, 1.54) is 4.68 Å². The highest BCUT2D eigenvalue weighted by Gasteiger charge is 2.09. The zero-order valence-corrected chi connectivity index (χ0v) is 13.6. The summed E-state index contributed by atoms with van der Waals surface area (Å²) >= 11 is 6.11. The van der Waals surface area contributed by atoms with Gasteiger partial charge in [0.2, 0.25) is 0 Å². The number of anilines is 1. The number of rotatable bonds is 8. The van der Waals surface area contributed by atoms with Crippen LogP contribution in [0.25, 0.3) is 0 Å². The van der Waals surface area contributed by atoms with Crippen molar-refractivity contribution in [2.75, 3.05) is 32.5 Å². The molecule has 20 heavy (non-hydrogen) atoms. The van der Waals surface area contributed by atoms with Gasteiger partial charge in [0.15, 0.2) is 0 Å². The van der Waals surface area contributed by atoms with Gasteiger partial charge in [0.05, 0.1) is 18.4 Å². The highest BCUT2D eigenvalue weighted by Crippen LogP contribution is 2.15. The van der Waals surface area contributed by atoms with Crippen LogP contribution < -0.4 is 10.9 Å². The molecule has 0 saturated carbocycles. The molecule has 0 radical (unpaired) electrons. The molecule has 5 nitrogen and oxygen atoms in total. The predicted octanol–water partition coefficient (Wildman–Crippen LogP) is 2.31. The van der Waals surface area contributed by atoms with Crippen molar-refractivity contribution in [1.82, 2.24) is 14.7 Å². The molecule has 1 N–H and O–H groups in total. The molecule has 1 rings (SSSR count). The van der Waals surface area contributed by atoms with Crippen molar-refractivity contribution in [3.8, 4) is 0 Å². The Hall–Kier alpha value is -1.07. The molecule has 1 aromatic rings. The summed E-state index contributed by atoms with van der Waals surface area (Å²) in [5, 5.41) is 7.56. The van der Waals surface area contributed by atoms with Crippen LogP contribution in [0.5, 0.6) is 0 Å². The van der Waals surface area contributed by atoms with Crippen LogP contribution in [0.15, 0.2) is 11.0 Å². The van der Waals surface area contributed by atoms with Crippen molar-refractivity contribution in [2.45, 2.75) is 33.2 Å². The largest absolute Gasteiger partial charge is 0.382 e. The Bertz CT molecular complexity index is 471. The van der Waals surface area contributed by atoms with Crippen LogP contribution in [-0.2, 0) is 6.54 Å². The molecule has 0 fully saturated rings. The third-order valence-corrected chi connectivity index (χ3v) is 3.38. The molecule has 0 unspecified atom stereocenters. The average Bonchev–Trinajstić information content (AvgIpc) is 2.37. The topological polar surface area (TPSA) is 50.2 Å². The Morgan fingerprint density at radius 3 is 2.75 bits per heavy atom. The fraction of sp³-hybridized carbons (Fsp3) is 0.714. The van der Waals surface area contributed by atoms with Crippen LogP contribution in [0.3, 0.4) is 0 Å². The van der Waals surface area contributed by atoms with E-state index in [-0.39, 0.29) is 10.6 Å². The second kappa shape index (κ2) is 8.27. The molecule has 1 heterocycles. The molecule has 0 aliphatic rings. The maximum Gasteiger partial charge on any atom is 0.287 e. The maximum atomic E-state index is 12.1. The van der Waals surface area contributed by atoms with Crippen molar-refractivity contribution < 1.29 is 0 Å². The number of aromatic nitrogens is 2. The molecular formula is C14H25ClN4O. The highest BCUT2D eigenvalue weighted by molar-refractivity contribution is 6.32. The summed E-state index contributed by atoms with van der Waals surface area (Å²) in [7, 11) is 3.91. The van der Waals surface area contributed by atoms with Crippen LogP contribution in [0, 0.1) is 5.92 Å². The van der Waals surface area contributed by atoms with E-state index in [0.717, 1.165) is 25.9 Å². The first-order valence-corrected chi connectivity index (χ1v) is 7.43. The van der Waals surface area contributed by atoms with E-state index in [2.05, 4.69) is 24.3 Å². The molecule has 0 aliphatic heterocycles. The van der Waals surface area contributed by atoms with Gasteiger partial charge in [-0.2, -0.15) is 5.10 Å². The molecule has 0 spiro atoms. The van der Waals surface area contributed by atoms with E-state index < -0.39 is 0 Å². The van der Waals surface area contributed by atoms with Gasteiger partial charge in [-0.3, -0.25) is 4.79 Å². The molecule has 0 bridgehead atoms. The molecular weight excluding hydrogens is 276 g/mol. The number of hydrogen-bond acceptors (Lipinski definition) is 4. The van der Waals surface area contributed by atoms with Gasteiger partial charge in [0, 0.05) is 13.1 Å². The summed E-state index contributed by atoms with van der Waals surface area (Å²) in [5.41, 5.74) is 0.393. The normalized spacial score (nSPS) is 11.3. The summed E-state index contributed by atoms with van der Waals surface area (Å²) < 4.78 is 1.40. The van der Waals surface area contributed by atoms with Gasteiger partial charge >= 0.3 is 0 Å². The van der Waals surface area contributed by atoms with Gasteiger partial charge in [0.25, 0.3) is 5.56 Å². The van der Waals surface area contributed by atoms with Gasteiger partial charge in [-0.05, 0) is 32.9 Å². The minimum absolute atomic E-state index is 0.225. The van der Waals surface area contributed by atoms with Crippen molar-refractivity contribution in [3.63, 3.8) is 0 Å². The Kier molecular flexibility index (Phi) is 7.02. The molecule has 1 aromatic heterocycles. The quantitative estimate of drug-likeness (QED) is 0.749. The van der Waals surface area contributed by atoms with E-state index in [1.807, 2.05) is 19.0 Å². The minimum atomic E-state index is -0.234. The molecule has 0 amide bonds. The van der Waals surface area contributed by atoms with Crippen molar-refractivity contribution in [2.24, 2.45) is 5.92 Å². The molecule has 6 heteroatoms. The Labute approximate surface area is 125 Å². The van der Waals surface area contributed by atoms with Crippen LogP contribution >= 0.6 is 11.6 Å². The van der Waals surface area contributed by atoms with Gasteiger partial charge in [-0.1, -0.05) is 25.4 Å². The van der Waals surface area contributed by atoms with E-state index in [9.17, 15) is 4.79 Å². The first-order valence-electron chi connectivity index (χ1n) is 7.06. The summed E-state index contributed by atoms with van der Waals surface area (Å²) in [6, 6.07) is 0. The summed E-state index contributed by atoms with van der Waals surface area (Å²) in [5.74, 6) is 0.685. The molecule has 0 aliphatic carbocycles. The average molecular weight is 301 g/mol. The van der Waals surface area contributed by atoms with Crippen molar-refractivity contribution in [3.05, 3.63) is 21.6 Å². The van der Waals surface area contributed by atoms with E-state index >= 15 is 0 Å². The lowest BCUT2D eigenvalue weighted by Crippen LogP contribution is -2.29. The second-order valence-electron chi connectivity index (χ2n) is 5.67. The van der Waals surface area contributed by atoms with Gasteiger partial charge in [0.1, 0.15) is 5.02 Å². The van der Waals surface area contributed by atoms with E-state index in [4.69, 9.17) is 11.6 Å². The zero-order valence-electron chi connectivity index (χ0n) is 12.8. The fourth-order valence-corrected chi connectivity index (χ4v) is 1.99. The maximum absolute atomic E-state index is 12.1. The molecule has 0 aromatic carbocycles. The van der Waals surface area contributed by atoms with Crippen LogP contribution in [0.1, 0.15) is 26.7 Å². The van der Waals surface area contributed by atoms with Gasteiger partial charge in [-0.15, -0.1) is 0 Å². The molecule has 0 saturated heterocycles. The fourth-order valence-electron chi connectivity index (χ4n) is 1.78. The Balaban J connectivity index is 2.62. The number of likely N-dealkylation sites (N-methyl/N-ethyl adjacent to an activating group) is 1. The highest BCUT2D eigenvalue weighted by atomic mass is 35.5. The number of halogens is 1. The van der Waals surface area contributed by atoms with E-state index in [0.29, 0.717) is 18.2 Å². The monoisotopic (exact) mass is 300 g/mol. The number of hydrogen-bond donors (Lipinski definition) is 1. The predicted molar refractivity (Wildman–Crippen MR) is 84.6 cm³/mol. The lowest BCUT2D eigenvalue weighted by molar-refractivity contribution is 0.367. The SMILES string of the molecule is CC(C)CCCNc1cnn(CCN(C)C)c(=O)c1Cl. The third kappa shape index (κ3) is 5.51. The molecule has 114 valence electrons. The second-order valence-corrected chi connectivity index (χ2v) is 6.04. The van der Waals surface area contributed by atoms with Crippen molar-refractivity contribution in [1.29, 1.82) is 0 Å². The Morgan fingerprint density at radius 1 is 1.45 bits per heavy atom. The lowest BCUT2D eigenvalue weighted by atomic mass is 10.1. The number of nitrogens with zero attached hydrogens (tertiary/aromatic N) is 3. The summed E-state index contributed by atoms with van der Waals surface area (Å²) in [6.07, 6.45) is 3.84. The summed E-state index contributed by atoms with van der Waals surface area (Å²) in [6.45, 7) is 6.49. The van der Waals surface area contributed by atoms with Gasteiger partial charge < -0.3 is 10.2 Å². The van der Waals surface area contributed by atoms with Crippen LogP contribution in [0.4, 0.5) is 5.69 Å². The van der Waals surface area contributed by atoms with E-state index in [1.54, 1.807) is 6.20 Å². The van der Waals surface area contributed by atoms with Crippen molar-refractivity contribution >= 4 is 17.3 Å². The minimum Gasteiger partial charge on any atom is -0.382 e. The lowest BCUT2D eigenvalue weighted by Gasteiger charge is -2.13. The van der Waals surface area contributed by atoms with Gasteiger partial charge in [-0.25, -0.2) is 4.68 Å². The zero-order chi connectivity index (χ0) is 15.1. The Morgan fingerprint density at radius 2 is 2.15 bits per heavy atom. The molecule has 0 atom stereocenters. The first-order chi connectivity index (χ1) is 9.41. The smallest absolute Gasteiger partial charge is 0.287 e. The third-order valence-electron chi connectivity index (χ3n) is 3.02. The van der Waals surface area contributed by atoms with Crippen LogP contribution in [-0.4, -0.2) is 41.9 Å². The number of nitrogens with one attached hydrogen (secondary N) is 1. The summed E-state index contributed by atoms with van der Waals surface area (Å²) in [4.78, 5) is 14.1. The van der Waals surface area contributed by atoms with Crippen LogP contribution in [0.2, 0.25) is 5.02 Å². The standard InChI is InChI=1S/C14H25ClN4O/c1-11(2)6-5-7-16-12-10-17-19(9-8-18(3)4)14(20)13(12)15/h10-11,16H,5-9H2,1-4H3.